The van der Waals surface area contributed by atoms with Crippen molar-refractivity contribution in [2.75, 3.05) is 32.0 Å². The first-order valence-electron chi connectivity index (χ1n) is 16.0. The van der Waals surface area contributed by atoms with Crippen molar-refractivity contribution in [3.05, 3.63) is 104 Å². The number of carbonyl (C=O) groups is 3. The Kier molecular flexibility index (Phi) is 9.37. The highest BCUT2D eigenvalue weighted by Crippen LogP contribution is 2.36. The average Bonchev–Trinajstić information content (AvgIpc) is 3.65. The third-order valence-electron chi connectivity index (χ3n) is 9.51. The molecule has 2 aliphatic heterocycles. The molecule has 4 heterocycles. The van der Waals surface area contributed by atoms with Gasteiger partial charge in [0.15, 0.2) is 5.82 Å². The lowest BCUT2D eigenvalue weighted by molar-refractivity contribution is -0.141. The Labute approximate surface area is 283 Å². The van der Waals surface area contributed by atoms with E-state index in [0.29, 0.717) is 54.7 Å². The standard InChI is InChI=1S/C36H39ClN6O5/c1-21-25(26-9-5-7-23(32(26)37)16-31(44)33-38-29-20-40(2)13-12-30(29)42(33)4)8-6-10-28(21)39-34(45)27-15-22(17-41(3)35(27)46)18-43-14-11-24(19-43)36(47)48/h5-10,15,17,24H,11-14,16,18-20H2,1-4H3,(H,39,45)(H,47,48)/t24-/m1/s1. The summed E-state index contributed by atoms with van der Waals surface area (Å²) in [4.78, 5) is 60.3. The van der Waals surface area contributed by atoms with Gasteiger partial charge in [0.25, 0.3) is 11.5 Å². The fourth-order valence-corrected chi connectivity index (χ4v) is 7.10. The lowest BCUT2D eigenvalue weighted by Crippen LogP contribution is -2.29. The van der Waals surface area contributed by atoms with E-state index in [9.17, 15) is 24.3 Å². The molecule has 1 fully saturated rings. The molecule has 0 spiro atoms. The Balaban J connectivity index is 1.22. The molecule has 2 N–H and O–H groups in total. The zero-order valence-electron chi connectivity index (χ0n) is 27.5. The Morgan fingerprint density at radius 3 is 2.56 bits per heavy atom. The maximum atomic E-state index is 13.5. The summed E-state index contributed by atoms with van der Waals surface area (Å²) in [5.41, 5.74) is 5.80. The summed E-state index contributed by atoms with van der Waals surface area (Å²) in [6.07, 6.45) is 3.19. The van der Waals surface area contributed by atoms with E-state index in [1.165, 1.54) is 4.57 Å². The molecule has 0 radical (unpaired) electrons. The number of hydrogen-bond donors (Lipinski definition) is 2. The van der Waals surface area contributed by atoms with Gasteiger partial charge in [0.2, 0.25) is 5.78 Å². The highest BCUT2D eigenvalue weighted by atomic mass is 35.5. The Morgan fingerprint density at radius 2 is 1.81 bits per heavy atom. The number of Topliss-reactive ketones (excluding diaryl/α,β-unsaturated/α-hetero) is 1. The van der Waals surface area contributed by atoms with Crippen molar-refractivity contribution < 1.29 is 19.5 Å². The molecular formula is C36H39ClN6O5. The number of carboxylic acids is 1. The van der Waals surface area contributed by atoms with Crippen molar-refractivity contribution in [3.63, 3.8) is 0 Å². The predicted octanol–water partition coefficient (Wildman–Crippen LogP) is 4.32. The van der Waals surface area contributed by atoms with Gasteiger partial charge in [-0.1, -0.05) is 41.9 Å². The molecule has 0 unspecified atom stereocenters. The number of fused-ring (bicyclic) bond motifs is 1. The van der Waals surface area contributed by atoms with Crippen LogP contribution in [0.1, 0.15) is 55.5 Å². The van der Waals surface area contributed by atoms with Crippen LogP contribution in [0.3, 0.4) is 0 Å². The number of amides is 1. The first-order valence-corrected chi connectivity index (χ1v) is 16.4. The normalized spacial score (nSPS) is 16.6. The van der Waals surface area contributed by atoms with Gasteiger partial charge in [0.05, 0.1) is 16.6 Å². The maximum absolute atomic E-state index is 13.5. The molecule has 11 nitrogen and oxygen atoms in total. The number of hydrogen-bond acceptors (Lipinski definition) is 7. The minimum absolute atomic E-state index is 0.00469. The van der Waals surface area contributed by atoms with Crippen molar-refractivity contribution in [1.29, 1.82) is 0 Å². The number of benzene rings is 2. The lowest BCUT2D eigenvalue weighted by Gasteiger charge is -2.21. The second kappa shape index (κ2) is 13.5. The molecule has 1 saturated heterocycles. The van der Waals surface area contributed by atoms with Gasteiger partial charge in [0.1, 0.15) is 5.56 Å². The third-order valence-corrected chi connectivity index (χ3v) is 9.96. The third kappa shape index (κ3) is 6.58. The molecule has 1 atom stereocenters. The Morgan fingerprint density at radius 1 is 1.06 bits per heavy atom. The smallest absolute Gasteiger partial charge is 0.307 e. The van der Waals surface area contributed by atoms with Gasteiger partial charge in [0, 0.05) is 76.3 Å². The molecule has 2 aromatic heterocycles. The van der Waals surface area contributed by atoms with Crippen LogP contribution in [0.2, 0.25) is 5.02 Å². The minimum Gasteiger partial charge on any atom is -0.481 e. The summed E-state index contributed by atoms with van der Waals surface area (Å²) in [7, 11) is 5.53. The Bertz CT molecular complexity index is 2000. The van der Waals surface area contributed by atoms with Crippen LogP contribution < -0.4 is 10.9 Å². The summed E-state index contributed by atoms with van der Waals surface area (Å²) in [6.45, 7) is 5.00. The zero-order chi connectivity index (χ0) is 34.3. The van der Waals surface area contributed by atoms with Gasteiger partial charge in [-0.05, 0) is 61.3 Å². The molecule has 0 aliphatic carbocycles. The van der Waals surface area contributed by atoms with Crippen LogP contribution in [-0.4, -0.2) is 73.4 Å². The Hall–Kier alpha value is -4.58. The van der Waals surface area contributed by atoms with Crippen molar-refractivity contribution in [2.24, 2.45) is 20.0 Å². The molecule has 2 aromatic carbocycles. The van der Waals surface area contributed by atoms with E-state index in [4.69, 9.17) is 11.6 Å². The van der Waals surface area contributed by atoms with E-state index in [2.05, 4.69) is 15.2 Å². The molecule has 2 aliphatic rings. The van der Waals surface area contributed by atoms with Crippen LogP contribution in [0, 0.1) is 12.8 Å². The van der Waals surface area contributed by atoms with E-state index < -0.39 is 23.4 Å². The molecule has 4 aromatic rings. The topological polar surface area (TPSA) is 130 Å². The molecule has 48 heavy (non-hydrogen) atoms. The summed E-state index contributed by atoms with van der Waals surface area (Å²) in [5.74, 6) is -1.46. The van der Waals surface area contributed by atoms with E-state index in [1.54, 1.807) is 25.4 Å². The number of aliphatic carboxylic acids is 1. The number of carboxylic acid groups (broad SMARTS) is 1. The molecule has 0 saturated carbocycles. The second-order valence-corrected chi connectivity index (χ2v) is 13.3. The minimum atomic E-state index is -0.812. The second-order valence-electron chi connectivity index (χ2n) is 12.9. The van der Waals surface area contributed by atoms with Gasteiger partial charge in [-0.15, -0.1) is 0 Å². The molecular weight excluding hydrogens is 632 g/mol. The number of halogens is 1. The van der Waals surface area contributed by atoms with Gasteiger partial charge in [-0.3, -0.25) is 24.1 Å². The van der Waals surface area contributed by atoms with Gasteiger partial charge >= 0.3 is 5.97 Å². The first-order chi connectivity index (χ1) is 22.9. The van der Waals surface area contributed by atoms with Crippen molar-refractivity contribution in [1.82, 2.24) is 23.9 Å². The molecule has 250 valence electrons. The SMILES string of the molecule is Cc1c(NC(=O)c2cc(CN3CC[C@@H](C(=O)O)C3)cn(C)c2=O)cccc1-c1cccc(CC(=O)c2nc3c(n2C)CCN(C)C3)c1Cl. The van der Waals surface area contributed by atoms with Crippen LogP contribution in [0.25, 0.3) is 11.1 Å². The van der Waals surface area contributed by atoms with Gasteiger partial charge in [-0.2, -0.15) is 0 Å². The number of aromatic nitrogens is 3. The number of ketones is 1. The number of likely N-dealkylation sites (tertiary alicyclic amines) is 1. The number of rotatable bonds is 9. The van der Waals surface area contributed by atoms with E-state index in [0.717, 1.165) is 46.6 Å². The quantitative estimate of drug-likeness (QED) is 0.252. The first kappa shape index (κ1) is 33.3. The van der Waals surface area contributed by atoms with E-state index in [1.807, 2.05) is 60.8 Å². The number of aryl methyl sites for hydroxylation is 1. The number of likely N-dealkylation sites (N-methyl/N-ethyl adjacent to an activating group) is 1. The maximum Gasteiger partial charge on any atom is 0.307 e. The number of anilines is 1. The van der Waals surface area contributed by atoms with Crippen molar-refractivity contribution in [2.45, 2.75) is 39.3 Å². The van der Waals surface area contributed by atoms with Crippen LogP contribution in [0.4, 0.5) is 5.69 Å². The summed E-state index contributed by atoms with van der Waals surface area (Å²) in [6, 6.07) is 12.6. The van der Waals surface area contributed by atoms with E-state index in [-0.39, 0.29) is 17.8 Å². The summed E-state index contributed by atoms with van der Waals surface area (Å²) >= 11 is 6.96. The lowest BCUT2D eigenvalue weighted by atomic mass is 9.96. The fraction of sp³-hybridized carbons (Fsp3) is 0.361. The van der Waals surface area contributed by atoms with Crippen LogP contribution in [0.5, 0.6) is 0 Å². The highest BCUT2D eigenvalue weighted by Gasteiger charge is 2.29. The number of pyridine rings is 1. The zero-order valence-corrected chi connectivity index (χ0v) is 28.3. The van der Waals surface area contributed by atoms with Crippen LogP contribution >= 0.6 is 11.6 Å². The number of carbonyl (C=O) groups excluding carboxylic acids is 2. The van der Waals surface area contributed by atoms with Gasteiger partial charge in [-0.25, -0.2) is 4.98 Å². The molecule has 1 amide bonds. The largest absolute Gasteiger partial charge is 0.481 e. The summed E-state index contributed by atoms with van der Waals surface area (Å²) < 4.78 is 3.28. The number of nitrogens with one attached hydrogen (secondary N) is 1. The molecule has 6 rings (SSSR count). The number of nitrogens with zero attached hydrogens (tertiary/aromatic N) is 5. The fourth-order valence-electron chi connectivity index (χ4n) is 6.80. The van der Waals surface area contributed by atoms with Crippen LogP contribution in [-0.2, 0) is 44.8 Å². The molecule has 12 heteroatoms. The monoisotopic (exact) mass is 670 g/mol. The average molecular weight is 671 g/mol. The predicted molar refractivity (Wildman–Crippen MR) is 184 cm³/mol. The van der Waals surface area contributed by atoms with Gasteiger partial charge < -0.3 is 24.5 Å². The summed E-state index contributed by atoms with van der Waals surface area (Å²) in [5, 5.41) is 12.7. The highest BCUT2D eigenvalue weighted by molar-refractivity contribution is 6.34. The van der Waals surface area contributed by atoms with E-state index >= 15 is 0 Å². The number of imidazole rings is 1. The van der Waals surface area contributed by atoms with Crippen molar-refractivity contribution in [3.8, 4) is 11.1 Å². The van der Waals surface area contributed by atoms with Crippen LogP contribution in [0.15, 0.2) is 53.5 Å². The molecule has 0 bridgehead atoms. The van der Waals surface area contributed by atoms with Crippen molar-refractivity contribution >= 4 is 34.9 Å².